The zero-order chi connectivity index (χ0) is 35.3. The van der Waals surface area contributed by atoms with Crippen LogP contribution in [0.1, 0.15) is 143 Å². The van der Waals surface area contributed by atoms with Crippen LogP contribution in [0, 0.1) is 46.3 Å². The van der Waals surface area contributed by atoms with Gasteiger partial charge in [-0.05, 0) is 144 Å². The lowest BCUT2D eigenvalue weighted by atomic mass is 9.43. The summed E-state index contributed by atoms with van der Waals surface area (Å²) in [6.45, 7) is 15.4. The highest BCUT2D eigenvalue weighted by atomic mass is 16.5. The van der Waals surface area contributed by atoms with Gasteiger partial charge < -0.3 is 36.1 Å². The van der Waals surface area contributed by atoms with Crippen molar-refractivity contribution < 1.29 is 24.1 Å². The number of fused-ring (bicyclic) bond motifs is 5. The van der Waals surface area contributed by atoms with Gasteiger partial charge in [0.2, 0.25) is 0 Å². The van der Waals surface area contributed by atoms with Crippen LogP contribution in [0.15, 0.2) is 0 Å². The van der Waals surface area contributed by atoms with Gasteiger partial charge in [-0.25, -0.2) is 0 Å². The molecule has 0 amide bonds. The summed E-state index contributed by atoms with van der Waals surface area (Å²) in [5, 5.41) is 12.9. The lowest BCUT2D eigenvalue weighted by molar-refractivity contribution is -0.227. The molecule has 11 atom stereocenters. The maximum Gasteiger partial charge on any atom is 0.305 e. The molecule has 0 bridgehead atoms. The van der Waals surface area contributed by atoms with E-state index in [9.17, 15) is 9.90 Å². The van der Waals surface area contributed by atoms with Crippen LogP contribution >= 0.6 is 0 Å². The Morgan fingerprint density at radius 3 is 2.29 bits per heavy atom. The van der Waals surface area contributed by atoms with E-state index in [0.717, 1.165) is 71.2 Å². The minimum absolute atomic E-state index is 0.0747. The van der Waals surface area contributed by atoms with Crippen molar-refractivity contribution in [3.05, 3.63) is 0 Å². The summed E-state index contributed by atoms with van der Waals surface area (Å²) < 4.78 is 20.1. The standard InChI is InChI=1S/C41H77N3O5/c1-5-6-7-8-9-10-22-44-23-11-14-30(2)33-15-16-34-39-35(29-37(41(33,34)4)49-25-13-21-43)40(3)19-17-32(47-26-18-38(45)46)27-31(40)28-36(39)48-24-12-20-42/h30-37,39,44H,5-29,42-43H2,1-4H3,(H,45,46)/t30-,31?,32-,33-,34+,35+,36-,37+,39?,40?,41?/m1/s1. The van der Waals surface area contributed by atoms with Crippen molar-refractivity contribution in [3.63, 3.8) is 0 Å². The van der Waals surface area contributed by atoms with E-state index in [0.29, 0.717) is 55.2 Å². The van der Waals surface area contributed by atoms with E-state index >= 15 is 0 Å². The molecule has 4 rings (SSSR count). The largest absolute Gasteiger partial charge is 0.481 e. The number of aliphatic carboxylic acids is 1. The summed E-state index contributed by atoms with van der Waals surface area (Å²) in [4.78, 5) is 11.2. The molecule has 0 aliphatic heterocycles. The van der Waals surface area contributed by atoms with Crippen LogP contribution < -0.4 is 16.8 Å². The van der Waals surface area contributed by atoms with Crippen LogP contribution in [0.4, 0.5) is 0 Å². The van der Waals surface area contributed by atoms with Gasteiger partial charge in [-0.2, -0.15) is 0 Å². The van der Waals surface area contributed by atoms with E-state index in [4.69, 9.17) is 25.7 Å². The highest BCUT2D eigenvalue weighted by Crippen LogP contribution is 2.69. The SMILES string of the molecule is CCCCCCCCNCCC[C@@H](C)[C@H]1CC[C@H]2C3[C@H](OCCCN)CC4C[C@H](OCCC(=O)O)CCC4(C)[C@H]3C[C@H](OCCCN)C12C. The molecule has 0 heterocycles. The Morgan fingerprint density at radius 1 is 0.837 bits per heavy atom. The van der Waals surface area contributed by atoms with Gasteiger partial charge >= 0.3 is 5.97 Å². The predicted octanol–water partition coefficient (Wildman–Crippen LogP) is 7.56. The molecule has 4 aliphatic rings. The number of hydrogen-bond donors (Lipinski definition) is 4. The van der Waals surface area contributed by atoms with Crippen LogP contribution in [0.3, 0.4) is 0 Å². The highest BCUT2D eigenvalue weighted by Gasteiger charge is 2.66. The van der Waals surface area contributed by atoms with Crippen molar-refractivity contribution in [1.82, 2.24) is 5.32 Å². The first-order valence-electron chi connectivity index (χ1n) is 20.9. The third-order valence-corrected chi connectivity index (χ3v) is 14.2. The summed E-state index contributed by atoms with van der Waals surface area (Å²) in [7, 11) is 0. The van der Waals surface area contributed by atoms with E-state index in [-0.39, 0.29) is 35.6 Å². The molecule has 6 N–H and O–H groups in total. The molecule has 0 aromatic heterocycles. The number of hydrogen-bond acceptors (Lipinski definition) is 7. The molecule has 8 nitrogen and oxygen atoms in total. The molecule has 8 heteroatoms. The first-order valence-corrected chi connectivity index (χ1v) is 20.9. The number of carboxylic acids is 1. The number of rotatable bonds is 24. The number of carbonyl (C=O) groups is 1. The Balaban J connectivity index is 1.46. The fourth-order valence-electron chi connectivity index (χ4n) is 11.5. The molecule has 0 radical (unpaired) electrons. The highest BCUT2D eigenvalue weighted by molar-refractivity contribution is 5.66. The number of nitrogens with one attached hydrogen (secondary N) is 1. The second kappa shape index (κ2) is 20.5. The lowest BCUT2D eigenvalue weighted by Gasteiger charge is -2.65. The molecular weight excluding hydrogens is 614 g/mol. The fourth-order valence-corrected chi connectivity index (χ4v) is 11.5. The van der Waals surface area contributed by atoms with Gasteiger partial charge in [0, 0.05) is 18.6 Å². The average Bonchev–Trinajstić information content (AvgIpc) is 3.44. The zero-order valence-corrected chi connectivity index (χ0v) is 32.1. The summed E-state index contributed by atoms with van der Waals surface area (Å²) in [5.74, 6) is 2.74. The third-order valence-electron chi connectivity index (χ3n) is 14.2. The van der Waals surface area contributed by atoms with E-state index < -0.39 is 5.97 Å². The molecular formula is C41H77N3O5. The second-order valence-corrected chi connectivity index (χ2v) is 17.1. The van der Waals surface area contributed by atoms with Gasteiger partial charge in [-0.3, -0.25) is 4.79 Å². The summed E-state index contributed by atoms with van der Waals surface area (Å²) in [5.41, 5.74) is 12.3. The molecule has 49 heavy (non-hydrogen) atoms. The van der Waals surface area contributed by atoms with E-state index in [2.05, 4.69) is 33.0 Å². The molecule has 0 spiro atoms. The van der Waals surface area contributed by atoms with Gasteiger partial charge in [0.25, 0.3) is 0 Å². The Kier molecular flexibility index (Phi) is 17.1. The molecule has 0 aromatic rings. The Labute approximate surface area is 300 Å². The first kappa shape index (κ1) is 41.0. The van der Waals surface area contributed by atoms with E-state index in [1.807, 2.05) is 0 Å². The molecule has 4 aliphatic carbocycles. The van der Waals surface area contributed by atoms with Crippen molar-refractivity contribution in [2.24, 2.45) is 57.8 Å². The van der Waals surface area contributed by atoms with E-state index in [1.54, 1.807) is 0 Å². The topological polar surface area (TPSA) is 129 Å². The Bertz CT molecular complexity index is 954. The van der Waals surface area contributed by atoms with Gasteiger partial charge in [0.15, 0.2) is 0 Å². The van der Waals surface area contributed by atoms with Crippen molar-refractivity contribution >= 4 is 5.97 Å². The minimum atomic E-state index is -0.787. The van der Waals surface area contributed by atoms with Crippen LogP contribution in [-0.2, 0) is 19.0 Å². The summed E-state index contributed by atoms with van der Waals surface area (Å²) in [6, 6.07) is 0. The fraction of sp³-hybridized carbons (Fsp3) is 0.976. The van der Waals surface area contributed by atoms with Crippen molar-refractivity contribution in [2.75, 3.05) is 46.0 Å². The molecule has 286 valence electrons. The molecule has 0 aromatic carbocycles. The lowest BCUT2D eigenvalue weighted by Crippen LogP contribution is -2.63. The van der Waals surface area contributed by atoms with E-state index in [1.165, 1.54) is 64.2 Å². The van der Waals surface area contributed by atoms with Gasteiger partial charge in [0.05, 0.1) is 31.3 Å². The van der Waals surface area contributed by atoms with Crippen LogP contribution in [0.2, 0.25) is 0 Å². The minimum Gasteiger partial charge on any atom is -0.481 e. The molecule has 4 unspecified atom stereocenters. The number of carboxylic acid groups (broad SMARTS) is 1. The van der Waals surface area contributed by atoms with Crippen molar-refractivity contribution in [2.45, 2.75) is 162 Å². The van der Waals surface area contributed by atoms with Crippen molar-refractivity contribution in [3.8, 4) is 0 Å². The van der Waals surface area contributed by atoms with Crippen LogP contribution in [0.5, 0.6) is 0 Å². The van der Waals surface area contributed by atoms with Gasteiger partial charge in [0.1, 0.15) is 0 Å². The predicted molar refractivity (Wildman–Crippen MR) is 199 cm³/mol. The second-order valence-electron chi connectivity index (χ2n) is 17.1. The van der Waals surface area contributed by atoms with Crippen LogP contribution in [0.25, 0.3) is 0 Å². The average molecular weight is 692 g/mol. The third kappa shape index (κ3) is 10.4. The molecule has 4 saturated carbocycles. The molecule has 4 fully saturated rings. The number of nitrogens with two attached hydrogens (primary N) is 2. The summed E-state index contributed by atoms with van der Waals surface area (Å²) >= 11 is 0. The molecule has 0 saturated heterocycles. The van der Waals surface area contributed by atoms with Crippen molar-refractivity contribution in [1.29, 1.82) is 0 Å². The first-order chi connectivity index (χ1) is 23.7. The zero-order valence-electron chi connectivity index (χ0n) is 32.1. The normalized spacial score (nSPS) is 36.2. The maximum atomic E-state index is 11.2. The Morgan fingerprint density at radius 2 is 1.55 bits per heavy atom. The summed E-state index contributed by atoms with van der Waals surface area (Å²) in [6.07, 6.45) is 21.1. The number of ether oxygens (including phenoxy) is 3. The Hall–Kier alpha value is -0.770. The maximum absolute atomic E-state index is 11.2. The monoisotopic (exact) mass is 692 g/mol. The smallest absolute Gasteiger partial charge is 0.305 e. The van der Waals surface area contributed by atoms with Gasteiger partial charge in [-0.1, -0.05) is 59.8 Å². The number of unbranched alkanes of at least 4 members (excludes halogenated alkanes) is 5. The quantitative estimate of drug-likeness (QED) is 0.0764. The van der Waals surface area contributed by atoms with Crippen LogP contribution in [-0.4, -0.2) is 75.4 Å². The van der Waals surface area contributed by atoms with Gasteiger partial charge in [-0.15, -0.1) is 0 Å².